The molecule has 0 aromatic rings. The van der Waals surface area contributed by atoms with Crippen molar-refractivity contribution in [1.29, 1.82) is 0 Å². The molecule has 2 amide bonds. The average Bonchev–Trinajstić information content (AvgIpc) is 2.63. The van der Waals surface area contributed by atoms with E-state index in [0.717, 1.165) is 0 Å². The van der Waals surface area contributed by atoms with Crippen LogP contribution >= 0.6 is 0 Å². The Morgan fingerprint density at radius 3 is 2.52 bits per heavy atom. The fraction of sp³-hybridized carbons (Fsp3) is 0.769. The molecular weight excluding hydrogens is 278 g/mol. The first-order chi connectivity index (χ1) is 9.93. The molecule has 1 rings (SSSR count). The summed E-state index contributed by atoms with van der Waals surface area (Å²) in [6.45, 7) is 4.09. The van der Waals surface area contributed by atoms with Crippen LogP contribution in [0.25, 0.3) is 0 Å². The van der Waals surface area contributed by atoms with Crippen LogP contribution in [0, 0.1) is 0 Å². The molecule has 1 aliphatic rings. The summed E-state index contributed by atoms with van der Waals surface area (Å²) in [5.74, 6) is -1.30. The van der Waals surface area contributed by atoms with Crippen LogP contribution in [0.3, 0.4) is 0 Å². The summed E-state index contributed by atoms with van der Waals surface area (Å²) in [6.07, 6.45) is 0.715. The van der Waals surface area contributed by atoms with Gasteiger partial charge in [-0.3, -0.25) is 14.5 Å². The fourth-order valence-corrected chi connectivity index (χ4v) is 2.22. The Morgan fingerprint density at radius 2 is 1.90 bits per heavy atom. The number of carboxylic acid groups (broad SMARTS) is 1. The van der Waals surface area contributed by atoms with Crippen molar-refractivity contribution < 1.29 is 24.2 Å². The molecular formula is C13H23N3O5. The van der Waals surface area contributed by atoms with Gasteiger partial charge in [0.15, 0.2) is 0 Å². The minimum Gasteiger partial charge on any atom is -0.480 e. The van der Waals surface area contributed by atoms with Crippen molar-refractivity contribution in [3.05, 3.63) is 0 Å². The van der Waals surface area contributed by atoms with Crippen LogP contribution in [0.2, 0.25) is 0 Å². The molecule has 0 aliphatic carbocycles. The number of nitrogens with zero attached hydrogens (tertiary/aromatic N) is 3. The number of carboxylic acids is 1. The second-order valence-electron chi connectivity index (χ2n) is 4.95. The number of hydrogen-bond acceptors (Lipinski definition) is 5. The lowest BCUT2D eigenvalue weighted by Crippen LogP contribution is -2.45. The molecule has 0 aromatic heterocycles. The number of urea groups is 1. The summed E-state index contributed by atoms with van der Waals surface area (Å²) in [4.78, 5) is 39.1. The molecule has 0 spiro atoms. The van der Waals surface area contributed by atoms with E-state index in [4.69, 9.17) is 9.84 Å². The average molecular weight is 301 g/mol. The Bertz CT molecular complexity index is 388. The number of esters is 1. The van der Waals surface area contributed by atoms with Gasteiger partial charge < -0.3 is 19.6 Å². The maximum absolute atomic E-state index is 12.2. The van der Waals surface area contributed by atoms with E-state index in [9.17, 15) is 14.4 Å². The topological polar surface area (TPSA) is 90.4 Å². The number of amides is 2. The zero-order chi connectivity index (χ0) is 15.8. The molecule has 8 heteroatoms. The van der Waals surface area contributed by atoms with Crippen LogP contribution in [0.4, 0.5) is 4.79 Å². The number of carbonyl (C=O) groups excluding carboxylic acids is 2. The Kier molecular flexibility index (Phi) is 6.93. The summed E-state index contributed by atoms with van der Waals surface area (Å²) in [6, 6.07) is -0.236. The maximum Gasteiger partial charge on any atom is 0.325 e. The van der Waals surface area contributed by atoms with Gasteiger partial charge in [-0.25, -0.2) is 4.79 Å². The van der Waals surface area contributed by atoms with E-state index in [1.54, 1.807) is 23.8 Å². The quantitative estimate of drug-likeness (QED) is 0.701. The van der Waals surface area contributed by atoms with Crippen LogP contribution in [-0.4, -0.2) is 90.7 Å². The fourth-order valence-electron chi connectivity index (χ4n) is 2.22. The first-order valence-corrected chi connectivity index (χ1v) is 7.03. The molecule has 0 aromatic carbocycles. The highest BCUT2D eigenvalue weighted by Crippen LogP contribution is 2.06. The van der Waals surface area contributed by atoms with E-state index in [1.807, 2.05) is 0 Å². The second-order valence-corrected chi connectivity index (χ2v) is 4.95. The molecule has 0 saturated carbocycles. The van der Waals surface area contributed by atoms with Gasteiger partial charge in [-0.1, -0.05) is 0 Å². The molecule has 8 nitrogen and oxygen atoms in total. The number of carbonyl (C=O) groups is 3. The minimum atomic E-state index is -0.866. The highest BCUT2D eigenvalue weighted by Gasteiger charge is 2.23. The van der Waals surface area contributed by atoms with Crippen molar-refractivity contribution in [2.45, 2.75) is 13.3 Å². The number of likely N-dealkylation sites (N-methyl/N-ethyl adjacent to an activating group) is 1. The third-order valence-corrected chi connectivity index (χ3v) is 3.22. The Hall–Kier alpha value is -1.83. The predicted molar refractivity (Wildman–Crippen MR) is 74.9 cm³/mol. The van der Waals surface area contributed by atoms with E-state index < -0.39 is 11.9 Å². The monoisotopic (exact) mass is 301 g/mol. The molecule has 0 unspecified atom stereocenters. The van der Waals surface area contributed by atoms with Gasteiger partial charge in [-0.05, 0) is 13.3 Å². The lowest BCUT2D eigenvalue weighted by Gasteiger charge is -2.26. The van der Waals surface area contributed by atoms with E-state index in [1.165, 1.54) is 4.90 Å². The summed E-state index contributed by atoms with van der Waals surface area (Å²) >= 11 is 0. The molecule has 0 bridgehead atoms. The molecule has 1 N–H and O–H groups in total. The van der Waals surface area contributed by atoms with E-state index in [-0.39, 0.29) is 25.7 Å². The number of aliphatic carboxylic acids is 1. The van der Waals surface area contributed by atoms with Gasteiger partial charge in [0.1, 0.15) is 6.54 Å². The lowest BCUT2D eigenvalue weighted by atomic mass is 10.4. The zero-order valence-corrected chi connectivity index (χ0v) is 12.6. The standard InChI is InChI=1S/C13H23N3O5/c1-3-21-12(19)10-14(2)13(20)16-6-4-5-15(7-8-16)9-11(17)18/h3-10H2,1-2H3,(H,17,18). The van der Waals surface area contributed by atoms with Gasteiger partial charge in [-0.15, -0.1) is 0 Å². The summed E-state index contributed by atoms with van der Waals surface area (Å²) in [5, 5.41) is 8.79. The zero-order valence-electron chi connectivity index (χ0n) is 12.6. The van der Waals surface area contributed by atoms with E-state index >= 15 is 0 Å². The van der Waals surface area contributed by atoms with E-state index in [0.29, 0.717) is 32.6 Å². The maximum atomic E-state index is 12.2. The molecule has 21 heavy (non-hydrogen) atoms. The lowest BCUT2D eigenvalue weighted by molar-refractivity contribution is -0.143. The first-order valence-electron chi connectivity index (χ1n) is 7.03. The number of hydrogen-bond donors (Lipinski definition) is 1. The number of ether oxygens (including phenoxy) is 1. The van der Waals surface area contributed by atoms with Crippen LogP contribution in [0.1, 0.15) is 13.3 Å². The molecule has 1 fully saturated rings. The van der Waals surface area contributed by atoms with Gasteiger partial charge in [0.2, 0.25) is 0 Å². The highest BCUT2D eigenvalue weighted by molar-refractivity contribution is 5.80. The Balaban J connectivity index is 2.47. The molecule has 0 atom stereocenters. The molecule has 1 heterocycles. The van der Waals surface area contributed by atoms with Crippen LogP contribution in [-0.2, 0) is 14.3 Å². The SMILES string of the molecule is CCOC(=O)CN(C)C(=O)N1CCCN(CC(=O)O)CC1. The van der Waals surface area contributed by atoms with Crippen LogP contribution in [0.5, 0.6) is 0 Å². The Labute approximate surface area is 124 Å². The first kappa shape index (κ1) is 17.2. The summed E-state index contributed by atoms with van der Waals surface area (Å²) in [5.41, 5.74) is 0. The van der Waals surface area contributed by atoms with Gasteiger partial charge in [0.05, 0.1) is 13.2 Å². The van der Waals surface area contributed by atoms with Gasteiger partial charge >= 0.3 is 18.0 Å². The summed E-state index contributed by atoms with van der Waals surface area (Å²) < 4.78 is 4.81. The smallest absolute Gasteiger partial charge is 0.325 e. The predicted octanol–water partition coefficient (Wildman–Crippen LogP) is -0.306. The van der Waals surface area contributed by atoms with Crippen molar-refractivity contribution in [2.24, 2.45) is 0 Å². The normalized spacial score (nSPS) is 16.2. The van der Waals surface area contributed by atoms with E-state index in [2.05, 4.69) is 0 Å². The third-order valence-electron chi connectivity index (χ3n) is 3.22. The van der Waals surface area contributed by atoms with Gasteiger partial charge in [0, 0.05) is 33.2 Å². The van der Waals surface area contributed by atoms with Crippen molar-refractivity contribution in [1.82, 2.24) is 14.7 Å². The summed E-state index contributed by atoms with van der Waals surface area (Å²) in [7, 11) is 1.55. The largest absolute Gasteiger partial charge is 0.480 e. The highest BCUT2D eigenvalue weighted by atomic mass is 16.5. The Morgan fingerprint density at radius 1 is 1.19 bits per heavy atom. The molecule has 120 valence electrons. The minimum absolute atomic E-state index is 0.0132. The van der Waals surface area contributed by atoms with Crippen molar-refractivity contribution >= 4 is 18.0 Å². The van der Waals surface area contributed by atoms with Crippen LogP contribution in [0.15, 0.2) is 0 Å². The molecule has 0 radical (unpaired) electrons. The van der Waals surface area contributed by atoms with Crippen molar-refractivity contribution in [3.63, 3.8) is 0 Å². The molecule has 1 aliphatic heterocycles. The third kappa shape index (κ3) is 5.99. The van der Waals surface area contributed by atoms with Crippen LogP contribution < -0.4 is 0 Å². The second kappa shape index (κ2) is 8.46. The van der Waals surface area contributed by atoms with Crippen molar-refractivity contribution in [2.75, 3.05) is 52.9 Å². The van der Waals surface area contributed by atoms with Crippen molar-refractivity contribution in [3.8, 4) is 0 Å². The van der Waals surface area contributed by atoms with Gasteiger partial charge in [0.25, 0.3) is 0 Å². The van der Waals surface area contributed by atoms with Gasteiger partial charge in [-0.2, -0.15) is 0 Å². The molecule has 1 saturated heterocycles. The number of rotatable bonds is 5.